The molecular formula is C15H24BrNS. The Balaban J connectivity index is 2.04. The van der Waals surface area contributed by atoms with Crippen LogP contribution in [0.1, 0.15) is 44.9 Å². The van der Waals surface area contributed by atoms with Crippen molar-refractivity contribution < 1.29 is 0 Å². The molecule has 0 aliphatic heterocycles. The Morgan fingerprint density at radius 2 is 2.11 bits per heavy atom. The predicted octanol–water partition coefficient (Wildman–Crippen LogP) is 4.84. The van der Waals surface area contributed by atoms with Gasteiger partial charge in [0.05, 0.1) is 0 Å². The van der Waals surface area contributed by atoms with Crippen molar-refractivity contribution in [1.29, 1.82) is 0 Å². The Hall–Kier alpha value is 0.140. The number of nitrogens with two attached hydrogens (primary N) is 1. The molecular weight excluding hydrogens is 306 g/mol. The van der Waals surface area contributed by atoms with E-state index < -0.39 is 0 Å². The standard InChI is InChI=1S/C15H24BrNS/c1-15(2,3)11-4-5-13(17)10(8-11)9-14-12(16)6-7-18-14/h6-7,10-11,13H,4-5,8-9,17H2,1-3H3. The monoisotopic (exact) mass is 329 g/mol. The van der Waals surface area contributed by atoms with Gasteiger partial charge in [-0.1, -0.05) is 20.8 Å². The molecule has 1 saturated carbocycles. The van der Waals surface area contributed by atoms with Gasteiger partial charge in [0.25, 0.3) is 0 Å². The summed E-state index contributed by atoms with van der Waals surface area (Å²) >= 11 is 5.49. The van der Waals surface area contributed by atoms with Crippen LogP contribution < -0.4 is 5.73 Å². The smallest absolute Gasteiger partial charge is 0.0314 e. The van der Waals surface area contributed by atoms with Crippen molar-refractivity contribution in [3.63, 3.8) is 0 Å². The molecule has 0 amide bonds. The molecule has 1 aliphatic rings. The highest BCUT2D eigenvalue weighted by atomic mass is 79.9. The molecule has 2 rings (SSSR count). The molecule has 3 heteroatoms. The number of hydrogen-bond donors (Lipinski definition) is 1. The lowest BCUT2D eigenvalue weighted by Crippen LogP contribution is -2.40. The zero-order valence-electron chi connectivity index (χ0n) is 11.6. The van der Waals surface area contributed by atoms with E-state index in [1.807, 2.05) is 11.3 Å². The maximum absolute atomic E-state index is 6.34. The normalized spacial score (nSPS) is 29.5. The summed E-state index contributed by atoms with van der Waals surface area (Å²) in [7, 11) is 0. The Labute approximate surface area is 123 Å². The highest BCUT2D eigenvalue weighted by Gasteiger charge is 2.34. The summed E-state index contributed by atoms with van der Waals surface area (Å²) in [4.78, 5) is 1.46. The number of hydrogen-bond acceptors (Lipinski definition) is 2. The SMILES string of the molecule is CC(C)(C)C1CCC(N)C(Cc2sccc2Br)C1. The molecule has 0 bridgehead atoms. The van der Waals surface area contributed by atoms with Crippen LogP contribution in [0.2, 0.25) is 0 Å². The number of rotatable bonds is 2. The van der Waals surface area contributed by atoms with Crippen molar-refractivity contribution in [2.75, 3.05) is 0 Å². The minimum atomic E-state index is 0.387. The van der Waals surface area contributed by atoms with Gasteiger partial charge in [-0.15, -0.1) is 11.3 Å². The first-order valence-electron chi connectivity index (χ1n) is 6.85. The highest BCUT2D eigenvalue weighted by Crippen LogP contribution is 2.41. The summed E-state index contributed by atoms with van der Waals surface area (Å²) in [5.41, 5.74) is 6.76. The van der Waals surface area contributed by atoms with Gasteiger partial charge in [-0.05, 0) is 70.3 Å². The van der Waals surface area contributed by atoms with Crippen molar-refractivity contribution in [3.05, 3.63) is 20.8 Å². The largest absolute Gasteiger partial charge is 0.327 e. The van der Waals surface area contributed by atoms with E-state index in [1.165, 1.54) is 28.6 Å². The van der Waals surface area contributed by atoms with Crippen LogP contribution >= 0.6 is 27.3 Å². The molecule has 3 atom stereocenters. The molecule has 0 spiro atoms. The van der Waals surface area contributed by atoms with Crippen LogP contribution in [0, 0.1) is 17.3 Å². The summed E-state index contributed by atoms with van der Waals surface area (Å²) < 4.78 is 1.26. The van der Waals surface area contributed by atoms with Crippen molar-refractivity contribution in [1.82, 2.24) is 0 Å². The van der Waals surface area contributed by atoms with Gasteiger partial charge in [0.2, 0.25) is 0 Å². The van der Waals surface area contributed by atoms with Gasteiger partial charge in [0.15, 0.2) is 0 Å². The topological polar surface area (TPSA) is 26.0 Å². The molecule has 3 unspecified atom stereocenters. The van der Waals surface area contributed by atoms with Crippen LogP contribution in [0.25, 0.3) is 0 Å². The van der Waals surface area contributed by atoms with Gasteiger partial charge >= 0.3 is 0 Å². The molecule has 2 N–H and O–H groups in total. The molecule has 1 aromatic heterocycles. The van der Waals surface area contributed by atoms with E-state index in [-0.39, 0.29) is 0 Å². The second kappa shape index (κ2) is 5.64. The lowest BCUT2D eigenvalue weighted by Gasteiger charge is -2.40. The van der Waals surface area contributed by atoms with Crippen molar-refractivity contribution in [2.45, 2.75) is 52.5 Å². The molecule has 1 fully saturated rings. The lowest BCUT2D eigenvalue weighted by molar-refractivity contribution is 0.127. The van der Waals surface area contributed by atoms with E-state index in [1.54, 1.807) is 0 Å². The van der Waals surface area contributed by atoms with E-state index in [0.29, 0.717) is 17.4 Å². The fraction of sp³-hybridized carbons (Fsp3) is 0.733. The van der Waals surface area contributed by atoms with Crippen LogP contribution in [0.5, 0.6) is 0 Å². The van der Waals surface area contributed by atoms with Gasteiger partial charge in [-0.2, -0.15) is 0 Å². The predicted molar refractivity (Wildman–Crippen MR) is 84.0 cm³/mol. The van der Waals surface area contributed by atoms with E-state index in [9.17, 15) is 0 Å². The van der Waals surface area contributed by atoms with Gasteiger partial charge in [0, 0.05) is 15.4 Å². The molecule has 18 heavy (non-hydrogen) atoms. The van der Waals surface area contributed by atoms with Crippen molar-refractivity contribution in [3.8, 4) is 0 Å². The minimum Gasteiger partial charge on any atom is -0.327 e. The highest BCUT2D eigenvalue weighted by molar-refractivity contribution is 9.10. The van der Waals surface area contributed by atoms with Crippen LogP contribution in [0.4, 0.5) is 0 Å². The average Bonchev–Trinajstić information content (AvgIpc) is 2.66. The Bertz CT molecular complexity index is 393. The molecule has 102 valence electrons. The maximum Gasteiger partial charge on any atom is 0.0314 e. The molecule has 0 aromatic carbocycles. The molecule has 1 nitrogen and oxygen atoms in total. The summed E-state index contributed by atoms with van der Waals surface area (Å²) in [6, 6.07) is 2.54. The number of thiophene rings is 1. The fourth-order valence-corrected chi connectivity index (χ4v) is 4.63. The third-order valence-corrected chi connectivity index (χ3v) is 6.35. The fourth-order valence-electron chi connectivity index (χ4n) is 3.02. The van der Waals surface area contributed by atoms with Crippen LogP contribution in [-0.2, 0) is 6.42 Å². The summed E-state index contributed by atoms with van der Waals surface area (Å²) in [5.74, 6) is 1.47. The van der Waals surface area contributed by atoms with Crippen LogP contribution in [-0.4, -0.2) is 6.04 Å². The van der Waals surface area contributed by atoms with E-state index in [0.717, 1.165) is 12.3 Å². The maximum atomic E-state index is 6.34. The molecule has 1 aromatic rings. The zero-order chi connectivity index (χ0) is 13.3. The summed E-state index contributed by atoms with van der Waals surface area (Å²) in [5, 5.41) is 2.16. The third kappa shape index (κ3) is 3.37. The van der Waals surface area contributed by atoms with Gasteiger partial charge in [-0.25, -0.2) is 0 Å². The van der Waals surface area contributed by atoms with Crippen LogP contribution in [0.15, 0.2) is 15.9 Å². The molecule has 0 saturated heterocycles. The number of halogens is 1. The second-order valence-electron chi connectivity index (χ2n) is 6.70. The zero-order valence-corrected chi connectivity index (χ0v) is 14.0. The van der Waals surface area contributed by atoms with Crippen molar-refractivity contribution >= 4 is 27.3 Å². The Morgan fingerprint density at radius 3 is 2.67 bits per heavy atom. The van der Waals surface area contributed by atoms with Gasteiger partial charge in [-0.3, -0.25) is 0 Å². The first-order chi connectivity index (χ1) is 8.38. The molecule has 0 radical (unpaired) electrons. The Kier molecular flexibility index (Phi) is 4.56. The van der Waals surface area contributed by atoms with E-state index in [4.69, 9.17) is 5.73 Å². The van der Waals surface area contributed by atoms with Gasteiger partial charge < -0.3 is 5.73 Å². The first kappa shape index (κ1) is 14.5. The van der Waals surface area contributed by atoms with Crippen LogP contribution in [0.3, 0.4) is 0 Å². The second-order valence-corrected chi connectivity index (χ2v) is 8.55. The first-order valence-corrected chi connectivity index (χ1v) is 8.52. The lowest BCUT2D eigenvalue weighted by atomic mass is 9.67. The quantitative estimate of drug-likeness (QED) is 0.825. The third-order valence-electron chi connectivity index (χ3n) is 4.40. The summed E-state index contributed by atoms with van der Waals surface area (Å²) in [6.45, 7) is 7.10. The summed E-state index contributed by atoms with van der Waals surface area (Å²) in [6.07, 6.45) is 4.92. The van der Waals surface area contributed by atoms with Gasteiger partial charge in [0.1, 0.15) is 0 Å². The average molecular weight is 330 g/mol. The molecule has 1 heterocycles. The van der Waals surface area contributed by atoms with E-state index in [2.05, 4.69) is 48.1 Å². The minimum absolute atomic E-state index is 0.387. The van der Waals surface area contributed by atoms with Crippen molar-refractivity contribution in [2.24, 2.45) is 23.0 Å². The van der Waals surface area contributed by atoms with E-state index >= 15 is 0 Å². The Morgan fingerprint density at radius 1 is 1.39 bits per heavy atom. The molecule has 1 aliphatic carbocycles.